The number of aryl methyl sites for hydroxylation is 1. The normalized spacial score (nSPS) is 10.5. The largest absolute Gasteiger partial charge is 0.423 e. The molecule has 0 fully saturated rings. The summed E-state index contributed by atoms with van der Waals surface area (Å²) < 4.78 is 5.40. The number of aromatic amines is 1. The number of hydrogen-bond donors (Lipinski definition) is 2. The van der Waals surface area contributed by atoms with E-state index in [1.54, 1.807) is 48.9 Å². The first kappa shape index (κ1) is 17.4. The molecule has 2 N–H and O–H groups in total. The van der Waals surface area contributed by atoms with Crippen LogP contribution >= 0.6 is 0 Å². The van der Waals surface area contributed by atoms with Gasteiger partial charge in [0.15, 0.2) is 5.82 Å². The predicted molar refractivity (Wildman–Crippen MR) is 105 cm³/mol. The monoisotopic (exact) mass is 371 g/mol. The van der Waals surface area contributed by atoms with Crippen LogP contribution in [-0.4, -0.2) is 25.9 Å². The third-order valence-electron chi connectivity index (χ3n) is 4.07. The Morgan fingerprint density at radius 1 is 1.04 bits per heavy atom. The molecule has 0 aliphatic heterocycles. The predicted octanol–water partition coefficient (Wildman–Crippen LogP) is 4.14. The summed E-state index contributed by atoms with van der Waals surface area (Å²) in [5, 5.41) is 3.16. The van der Waals surface area contributed by atoms with Gasteiger partial charge in [0.2, 0.25) is 5.95 Å². The maximum Gasteiger partial charge on any atom is 0.343 e. The van der Waals surface area contributed by atoms with Crippen molar-refractivity contribution in [2.24, 2.45) is 0 Å². The highest BCUT2D eigenvalue weighted by Crippen LogP contribution is 2.22. The van der Waals surface area contributed by atoms with Gasteiger partial charge in [0.05, 0.1) is 5.56 Å². The van der Waals surface area contributed by atoms with E-state index in [-0.39, 0.29) is 0 Å². The highest BCUT2D eigenvalue weighted by molar-refractivity contribution is 5.92. The second kappa shape index (κ2) is 7.71. The third-order valence-corrected chi connectivity index (χ3v) is 4.07. The van der Waals surface area contributed by atoms with Crippen molar-refractivity contribution >= 4 is 17.6 Å². The summed E-state index contributed by atoms with van der Waals surface area (Å²) in [6.45, 7) is 1.94. The number of para-hydroxylation sites is 1. The number of imidazole rings is 1. The molecule has 4 aromatic rings. The number of carbonyl (C=O) groups is 1. The summed E-state index contributed by atoms with van der Waals surface area (Å²) in [5.74, 6) is 1.13. The molecule has 28 heavy (non-hydrogen) atoms. The van der Waals surface area contributed by atoms with Gasteiger partial charge in [-0.25, -0.2) is 19.7 Å². The van der Waals surface area contributed by atoms with Crippen LogP contribution in [0.25, 0.3) is 11.5 Å². The van der Waals surface area contributed by atoms with Crippen LogP contribution in [0.3, 0.4) is 0 Å². The lowest BCUT2D eigenvalue weighted by atomic mass is 10.1. The SMILES string of the molecule is Cc1ccc(C(=O)Oc2ccccc2)cc1Nc1nccc(-c2ncc[nH]2)n1. The smallest absolute Gasteiger partial charge is 0.343 e. The van der Waals surface area contributed by atoms with E-state index in [0.717, 1.165) is 11.3 Å². The van der Waals surface area contributed by atoms with Crippen LogP contribution in [-0.2, 0) is 0 Å². The van der Waals surface area contributed by atoms with Crippen molar-refractivity contribution in [1.82, 2.24) is 19.9 Å². The van der Waals surface area contributed by atoms with Gasteiger partial charge in [0.1, 0.15) is 11.4 Å². The maximum absolute atomic E-state index is 12.4. The fraction of sp³-hybridized carbons (Fsp3) is 0.0476. The molecule has 0 saturated carbocycles. The molecular formula is C21H17N5O2. The van der Waals surface area contributed by atoms with Crippen LogP contribution < -0.4 is 10.1 Å². The van der Waals surface area contributed by atoms with Gasteiger partial charge in [0.25, 0.3) is 0 Å². The third kappa shape index (κ3) is 3.88. The molecule has 0 saturated heterocycles. The Kier molecular flexibility index (Phi) is 4.79. The van der Waals surface area contributed by atoms with Crippen molar-refractivity contribution in [3.05, 3.63) is 84.3 Å². The number of anilines is 2. The minimum Gasteiger partial charge on any atom is -0.423 e. The molecular weight excluding hydrogens is 354 g/mol. The van der Waals surface area contributed by atoms with Crippen molar-refractivity contribution in [2.45, 2.75) is 6.92 Å². The molecule has 2 aromatic heterocycles. The summed E-state index contributed by atoms with van der Waals surface area (Å²) >= 11 is 0. The van der Waals surface area contributed by atoms with Gasteiger partial charge in [-0.3, -0.25) is 0 Å². The zero-order valence-corrected chi connectivity index (χ0v) is 15.1. The summed E-state index contributed by atoms with van der Waals surface area (Å²) in [6.07, 6.45) is 5.04. The van der Waals surface area contributed by atoms with Gasteiger partial charge in [-0.2, -0.15) is 0 Å². The Morgan fingerprint density at radius 3 is 2.68 bits per heavy atom. The quantitative estimate of drug-likeness (QED) is 0.405. The fourth-order valence-electron chi connectivity index (χ4n) is 2.61. The van der Waals surface area contributed by atoms with Gasteiger partial charge in [-0.05, 0) is 42.8 Å². The average molecular weight is 371 g/mol. The van der Waals surface area contributed by atoms with E-state index < -0.39 is 5.97 Å². The van der Waals surface area contributed by atoms with Crippen molar-refractivity contribution < 1.29 is 9.53 Å². The number of ether oxygens (including phenoxy) is 1. The van der Waals surface area contributed by atoms with Gasteiger partial charge >= 0.3 is 5.97 Å². The average Bonchev–Trinajstić information content (AvgIpc) is 3.25. The van der Waals surface area contributed by atoms with Crippen molar-refractivity contribution in [2.75, 3.05) is 5.32 Å². The van der Waals surface area contributed by atoms with E-state index >= 15 is 0 Å². The molecule has 0 atom stereocenters. The van der Waals surface area contributed by atoms with E-state index in [9.17, 15) is 4.79 Å². The molecule has 0 spiro atoms. The fourth-order valence-corrected chi connectivity index (χ4v) is 2.61. The molecule has 0 aliphatic rings. The minimum absolute atomic E-state index is 0.408. The van der Waals surface area contributed by atoms with Crippen LogP contribution in [0.1, 0.15) is 15.9 Å². The highest BCUT2D eigenvalue weighted by atomic mass is 16.5. The Balaban J connectivity index is 1.56. The lowest BCUT2D eigenvalue weighted by Crippen LogP contribution is -2.09. The molecule has 2 aromatic carbocycles. The summed E-state index contributed by atoms with van der Waals surface area (Å²) in [4.78, 5) is 28.4. The Hall–Kier alpha value is -4.00. The molecule has 0 amide bonds. The van der Waals surface area contributed by atoms with Crippen LogP contribution in [0, 0.1) is 6.92 Å². The first-order valence-corrected chi connectivity index (χ1v) is 8.67. The standard InChI is InChI=1S/C21H17N5O2/c1-14-7-8-15(20(27)28-16-5-3-2-4-6-16)13-18(14)26-21-24-10-9-17(25-21)19-22-11-12-23-19/h2-13H,1H3,(H,22,23)(H,24,25,26). The Labute approximate surface area is 161 Å². The Morgan fingerprint density at radius 2 is 1.89 bits per heavy atom. The molecule has 7 nitrogen and oxygen atoms in total. The molecule has 4 rings (SSSR count). The molecule has 0 aliphatic carbocycles. The molecule has 0 unspecified atom stereocenters. The van der Waals surface area contributed by atoms with E-state index in [4.69, 9.17) is 4.74 Å². The zero-order valence-electron chi connectivity index (χ0n) is 15.1. The number of carbonyl (C=O) groups excluding carboxylic acids is 1. The molecule has 0 radical (unpaired) electrons. The van der Waals surface area contributed by atoms with Gasteiger partial charge < -0.3 is 15.0 Å². The van der Waals surface area contributed by atoms with Gasteiger partial charge in [-0.15, -0.1) is 0 Å². The van der Waals surface area contributed by atoms with E-state index in [1.807, 2.05) is 31.2 Å². The van der Waals surface area contributed by atoms with Gasteiger partial charge in [-0.1, -0.05) is 24.3 Å². The number of aromatic nitrogens is 4. The Bertz CT molecular complexity index is 1100. The number of nitrogens with zero attached hydrogens (tertiary/aromatic N) is 3. The lowest BCUT2D eigenvalue weighted by molar-refractivity contribution is 0.0735. The number of nitrogens with one attached hydrogen (secondary N) is 2. The maximum atomic E-state index is 12.4. The second-order valence-corrected chi connectivity index (χ2v) is 6.06. The molecule has 2 heterocycles. The van der Waals surface area contributed by atoms with Crippen molar-refractivity contribution in [1.29, 1.82) is 0 Å². The highest BCUT2D eigenvalue weighted by Gasteiger charge is 2.12. The summed E-state index contributed by atoms with van der Waals surface area (Å²) in [6, 6.07) is 16.0. The summed E-state index contributed by atoms with van der Waals surface area (Å²) in [7, 11) is 0. The number of H-pyrrole nitrogens is 1. The topological polar surface area (TPSA) is 92.8 Å². The first-order chi connectivity index (χ1) is 13.7. The first-order valence-electron chi connectivity index (χ1n) is 8.67. The number of hydrogen-bond acceptors (Lipinski definition) is 6. The number of benzene rings is 2. The second-order valence-electron chi connectivity index (χ2n) is 6.06. The van der Waals surface area contributed by atoms with Crippen molar-refractivity contribution in [3.8, 4) is 17.3 Å². The minimum atomic E-state index is -0.431. The molecule has 138 valence electrons. The molecule has 0 bridgehead atoms. The van der Waals surface area contributed by atoms with Crippen molar-refractivity contribution in [3.63, 3.8) is 0 Å². The lowest BCUT2D eigenvalue weighted by Gasteiger charge is -2.11. The van der Waals surface area contributed by atoms with Crippen LogP contribution in [0.5, 0.6) is 5.75 Å². The van der Waals surface area contributed by atoms with E-state index in [1.165, 1.54) is 0 Å². The van der Waals surface area contributed by atoms with E-state index in [0.29, 0.717) is 28.8 Å². The number of rotatable bonds is 5. The molecule has 7 heteroatoms. The van der Waals surface area contributed by atoms with Crippen LogP contribution in [0.4, 0.5) is 11.6 Å². The van der Waals surface area contributed by atoms with Crippen LogP contribution in [0.15, 0.2) is 73.2 Å². The van der Waals surface area contributed by atoms with Gasteiger partial charge in [0, 0.05) is 24.3 Å². The number of esters is 1. The van der Waals surface area contributed by atoms with E-state index in [2.05, 4.69) is 25.3 Å². The summed E-state index contributed by atoms with van der Waals surface area (Å²) in [5.41, 5.74) is 2.77. The zero-order chi connectivity index (χ0) is 19.3. The van der Waals surface area contributed by atoms with Crippen LogP contribution in [0.2, 0.25) is 0 Å².